The average Bonchev–Trinajstić information content (AvgIpc) is 2.88. The fourth-order valence-electron chi connectivity index (χ4n) is 2.65. The highest BCUT2D eigenvalue weighted by Gasteiger charge is 2.21. The summed E-state index contributed by atoms with van der Waals surface area (Å²) in [5.41, 5.74) is 0. The van der Waals surface area contributed by atoms with Crippen molar-refractivity contribution in [3.8, 4) is 0 Å². The van der Waals surface area contributed by atoms with Gasteiger partial charge in [-0.2, -0.15) is 0 Å². The largest absolute Gasteiger partial charge is 0.342 e. The molecule has 0 aromatic carbocycles. The molecule has 1 aromatic rings. The third-order valence-electron chi connectivity index (χ3n) is 3.79. The van der Waals surface area contributed by atoms with E-state index in [1.54, 1.807) is 0 Å². The lowest BCUT2D eigenvalue weighted by molar-refractivity contribution is 0.379. The van der Waals surface area contributed by atoms with Crippen LogP contribution in [-0.4, -0.2) is 35.7 Å². The summed E-state index contributed by atoms with van der Waals surface area (Å²) in [6, 6.07) is 0. The maximum atomic E-state index is 4.48. The number of hydrogen-bond acceptors (Lipinski definition) is 3. The van der Waals surface area contributed by atoms with Crippen LogP contribution in [0.15, 0.2) is 12.4 Å². The summed E-state index contributed by atoms with van der Waals surface area (Å²) in [6.07, 6.45) is 7.78. The highest BCUT2D eigenvalue weighted by molar-refractivity contribution is 5.31. The number of anilines is 1. The number of rotatable bonds is 6. The second-order valence-corrected chi connectivity index (χ2v) is 5.15. The number of nitrogens with one attached hydrogen (secondary N) is 1. The minimum absolute atomic E-state index is 0.845. The first-order chi connectivity index (χ1) is 8.85. The van der Waals surface area contributed by atoms with Crippen LogP contribution < -0.4 is 10.2 Å². The van der Waals surface area contributed by atoms with Crippen LogP contribution >= 0.6 is 0 Å². The average molecular weight is 250 g/mol. The quantitative estimate of drug-likeness (QED) is 0.785. The molecule has 1 saturated heterocycles. The molecule has 1 aliphatic rings. The molecular formula is C14H26N4. The molecule has 4 nitrogen and oxygen atoms in total. The fourth-order valence-corrected chi connectivity index (χ4v) is 2.65. The van der Waals surface area contributed by atoms with Crippen LogP contribution in [0.3, 0.4) is 0 Å². The number of hydrogen-bond donors (Lipinski definition) is 1. The number of nitrogens with zero attached hydrogens (tertiary/aromatic N) is 3. The zero-order chi connectivity index (χ0) is 12.8. The van der Waals surface area contributed by atoms with Crippen LogP contribution in [0.2, 0.25) is 0 Å². The predicted octanol–water partition coefficient (Wildman–Crippen LogP) is 2.12. The highest BCUT2D eigenvalue weighted by atomic mass is 15.3. The second-order valence-electron chi connectivity index (χ2n) is 5.15. The molecule has 1 fully saturated rings. The molecule has 2 rings (SSSR count). The molecule has 0 saturated carbocycles. The molecule has 2 heterocycles. The zero-order valence-electron chi connectivity index (χ0n) is 11.7. The summed E-state index contributed by atoms with van der Waals surface area (Å²) in [6.45, 7) is 10.0. The first kappa shape index (κ1) is 13.4. The first-order valence-corrected chi connectivity index (χ1v) is 7.32. The van der Waals surface area contributed by atoms with Crippen molar-refractivity contribution >= 4 is 5.95 Å². The standard InChI is InChI=1S/C14H26N4/c1-3-7-15-12-13-5-9-18(10-6-13)14-16-8-11-17(14)4-2/h8,11,13,15H,3-7,9-10,12H2,1-2H3. The maximum Gasteiger partial charge on any atom is 0.205 e. The van der Waals surface area contributed by atoms with E-state index in [2.05, 4.69) is 39.8 Å². The summed E-state index contributed by atoms with van der Waals surface area (Å²) in [5.74, 6) is 2.00. The van der Waals surface area contributed by atoms with Gasteiger partial charge in [0.1, 0.15) is 0 Å². The van der Waals surface area contributed by atoms with Gasteiger partial charge in [-0.25, -0.2) is 4.98 Å². The molecule has 18 heavy (non-hydrogen) atoms. The monoisotopic (exact) mass is 250 g/mol. The Hall–Kier alpha value is -1.03. The fraction of sp³-hybridized carbons (Fsp3) is 0.786. The molecule has 0 amide bonds. The van der Waals surface area contributed by atoms with Crippen molar-refractivity contribution in [1.82, 2.24) is 14.9 Å². The topological polar surface area (TPSA) is 33.1 Å². The van der Waals surface area contributed by atoms with Gasteiger partial charge in [0.05, 0.1) is 0 Å². The second kappa shape index (κ2) is 6.78. The Balaban J connectivity index is 1.79. The molecule has 4 heteroatoms. The summed E-state index contributed by atoms with van der Waals surface area (Å²) >= 11 is 0. The van der Waals surface area contributed by atoms with Gasteiger partial charge in [0.25, 0.3) is 0 Å². The smallest absolute Gasteiger partial charge is 0.205 e. The molecule has 0 bridgehead atoms. The van der Waals surface area contributed by atoms with Crippen LogP contribution in [0, 0.1) is 5.92 Å². The van der Waals surface area contributed by atoms with Gasteiger partial charge in [0.15, 0.2) is 0 Å². The van der Waals surface area contributed by atoms with Gasteiger partial charge >= 0.3 is 0 Å². The van der Waals surface area contributed by atoms with Gasteiger partial charge in [-0.15, -0.1) is 0 Å². The van der Waals surface area contributed by atoms with Gasteiger partial charge in [0, 0.05) is 32.0 Å². The number of piperidine rings is 1. The van der Waals surface area contributed by atoms with Crippen molar-refractivity contribution in [2.75, 3.05) is 31.1 Å². The van der Waals surface area contributed by atoms with E-state index in [1.165, 1.54) is 25.8 Å². The molecule has 1 aromatic heterocycles. The van der Waals surface area contributed by atoms with Gasteiger partial charge < -0.3 is 14.8 Å². The Bertz CT molecular complexity index is 339. The van der Waals surface area contributed by atoms with Gasteiger partial charge in [-0.3, -0.25) is 0 Å². The van der Waals surface area contributed by atoms with E-state index >= 15 is 0 Å². The van der Waals surface area contributed by atoms with Gasteiger partial charge in [0.2, 0.25) is 5.95 Å². The van der Waals surface area contributed by atoms with E-state index in [-0.39, 0.29) is 0 Å². The van der Waals surface area contributed by atoms with Crippen LogP contribution in [0.4, 0.5) is 5.95 Å². The first-order valence-electron chi connectivity index (χ1n) is 7.32. The van der Waals surface area contributed by atoms with E-state index < -0.39 is 0 Å². The van der Waals surface area contributed by atoms with E-state index in [0.29, 0.717) is 0 Å². The lowest BCUT2D eigenvalue weighted by Crippen LogP contribution is -2.38. The summed E-state index contributed by atoms with van der Waals surface area (Å²) < 4.78 is 2.23. The van der Waals surface area contributed by atoms with Gasteiger partial charge in [-0.1, -0.05) is 6.92 Å². The van der Waals surface area contributed by atoms with E-state index in [4.69, 9.17) is 0 Å². The Kier molecular flexibility index (Phi) is 5.05. The maximum absolute atomic E-state index is 4.48. The third kappa shape index (κ3) is 3.25. The van der Waals surface area contributed by atoms with Crippen LogP contribution in [0.25, 0.3) is 0 Å². The third-order valence-corrected chi connectivity index (χ3v) is 3.79. The van der Waals surface area contributed by atoms with Crippen molar-refractivity contribution in [1.29, 1.82) is 0 Å². The van der Waals surface area contributed by atoms with E-state index in [9.17, 15) is 0 Å². The molecular weight excluding hydrogens is 224 g/mol. The summed E-state index contributed by atoms with van der Waals surface area (Å²) in [4.78, 5) is 6.91. The SMILES string of the molecule is CCCNCC1CCN(c2nccn2CC)CC1. The van der Waals surface area contributed by atoms with Crippen molar-refractivity contribution in [3.05, 3.63) is 12.4 Å². The number of aromatic nitrogens is 2. The number of aryl methyl sites for hydroxylation is 1. The minimum atomic E-state index is 0.845. The Labute approximate surface area is 110 Å². The van der Waals surface area contributed by atoms with Crippen LogP contribution in [-0.2, 0) is 6.54 Å². The lowest BCUT2D eigenvalue weighted by atomic mass is 9.97. The van der Waals surface area contributed by atoms with Crippen molar-refractivity contribution < 1.29 is 0 Å². The molecule has 1 aliphatic heterocycles. The summed E-state index contributed by atoms with van der Waals surface area (Å²) in [5, 5.41) is 3.54. The van der Waals surface area contributed by atoms with Crippen molar-refractivity contribution in [2.24, 2.45) is 5.92 Å². The Morgan fingerprint density at radius 1 is 1.33 bits per heavy atom. The predicted molar refractivity (Wildman–Crippen MR) is 76.0 cm³/mol. The highest BCUT2D eigenvalue weighted by Crippen LogP contribution is 2.21. The van der Waals surface area contributed by atoms with E-state index in [1.807, 2.05) is 6.20 Å². The van der Waals surface area contributed by atoms with E-state index in [0.717, 1.165) is 38.0 Å². The van der Waals surface area contributed by atoms with Gasteiger partial charge in [-0.05, 0) is 45.2 Å². The Morgan fingerprint density at radius 3 is 2.78 bits per heavy atom. The van der Waals surface area contributed by atoms with Crippen molar-refractivity contribution in [3.63, 3.8) is 0 Å². The molecule has 0 unspecified atom stereocenters. The molecule has 0 aliphatic carbocycles. The molecule has 0 spiro atoms. The Morgan fingerprint density at radius 2 is 2.11 bits per heavy atom. The molecule has 0 atom stereocenters. The molecule has 0 radical (unpaired) electrons. The lowest BCUT2D eigenvalue weighted by Gasteiger charge is -2.33. The summed E-state index contributed by atoms with van der Waals surface area (Å²) in [7, 11) is 0. The van der Waals surface area contributed by atoms with Crippen molar-refractivity contribution in [2.45, 2.75) is 39.7 Å². The van der Waals surface area contributed by atoms with Crippen LogP contribution in [0.5, 0.6) is 0 Å². The molecule has 1 N–H and O–H groups in total. The minimum Gasteiger partial charge on any atom is -0.342 e. The normalized spacial score (nSPS) is 17.3. The van der Waals surface area contributed by atoms with Crippen LogP contribution in [0.1, 0.15) is 33.1 Å². The number of imidazole rings is 1. The zero-order valence-corrected chi connectivity index (χ0v) is 11.7. The molecule has 102 valence electrons.